The lowest BCUT2D eigenvalue weighted by atomic mass is 10.1. The van der Waals surface area contributed by atoms with Gasteiger partial charge in [-0.05, 0) is 25.0 Å². The SMILES string of the molecule is Cn1c(=O)c(-c2noc(C(=O)NC3CCCCCC3)n2)nn(-c2ccccc2)c1=O. The van der Waals surface area contributed by atoms with Gasteiger partial charge in [-0.3, -0.25) is 14.2 Å². The fourth-order valence-corrected chi connectivity index (χ4v) is 3.53. The summed E-state index contributed by atoms with van der Waals surface area (Å²) in [5, 5.41) is 10.8. The van der Waals surface area contributed by atoms with Gasteiger partial charge in [-0.1, -0.05) is 49.0 Å². The summed E-state index contributed by atoms with van der Waals surface area (Å²) in [7, 11) is 1.34. The third-order valence-electron chi connectivity index (χ3n) is 5.20. The summed E-state index contributed by atoms with van der Waals surface area (Å²) in [5.74, 6) is -0.865. The van der Waals surface area contributed by atoms with Crippen LogP contribution in [0.5, 0.6) is 0 Å². The first-order valence-corrected chi connectivity index (χ1v) is 9.95. The minimum Gasteiger partial charge on any atom is -0.345 e. The summed E-state index contributed by atoms with van der Waals surface area (Å²) in [5.41, 5.74) is -0.985. The molecule has 2 aromatic heterocycles. The Morgan fingerprint density at radius 1 is 1.10 bits per heavy atom. The number of hydrogen-bond donors (Lipinski definition) is 1. The molecule has 1 amide bonds. The van der Waals surface area contributed by atoms with Crippen molar-refractivity contribution in [3.05, 3.63) is 57.1 Å². The molecule has 156 valence electrons. The highest BCUT2D eigenvalue weighted by Gasteiger charge is 2.23. The predicted molar refractivity (Wildman–Crippen MR) is 107 cm³/mol. The molecule has 30 heavy (non-hydrogen) atoms. The van der Waals surface area contributed by atoms with Crippen molar-refractivity contribution in [2.24, 2.45) is 7.05 Å². The van der Waals surface area contributed by atoms with Crippen molar-refractivity contribution in [1.29, 1.82) is 0 Å². The third kappa shape index (κ3) is 3.93. The summed E-state index contributed by atoms with van der Waals surface area (Å²) >= 11 is 0. The van der Waals surface area contributed by atoms with Crippen LogP contribution in [0.25, 0.3) is 17.2 Å². The van der Waals surface area contributed by atoms with Crippen molar-refractivity contribution in [3.63, 3.8) is 0 Å². The maximum Gasteiger partial charge on any atom is 0.351 e. The zero-order valence-electron chi connectivity index (χ0n) is 16.6. The second kappa shape index (κ2) is 8.44. The summed E-state index contributed by atoms with van der Waals surface area (Å²) in [6, 6.07) is 8.74. The summed E-state index contributed by atoms with van der Waals surface area (Å²) in [6.07, 6.45) is 6.31. The number of carbonyl (C=O) groups excluding carboxylic acids is 1. The highest BCUT2D eigenvalue weighted by atomic mass is 16.5. The van der Waals surface area contributed by atoms with Gasteiger partial charge in [0.15, 0.2) is 5.69 Å². The number of amides is 1. The summed E-state index contributed by atoms with van der Waals surface area (Å²) in [6.45, 7) is 0. The fourth-order valence-electron chi connectivity index (χ4n) is 3.53. The lowest BCUT2D eigenvalue weighted by Gasteiger charge is -2.14. The summed E-state index contributed by atoms with van der Waals surface area (Å²) < 4.78 is 7.07. The van der Waals surface area contributed by atoms with Gasteiger partial charge in [0.2, 0.25) is 5.82 Å². The Labute approximate surface area is 171 Å². The van der Waals surface area contributed by atoms with Crippen LogP contribution in [-0.2, 0) is 7.05 Å². The molecule has 0 radical (unpaired) electrons. The van der Waals surface area contributed by atoms with E-state index >= 15 is 0 Å². The van der Waals surface area contributed by atoms with E-state index in [4.69, 9.17) is 4.52 Å². The van der Waals surface area contributed by atoms with Crippen molar-refractivity contribution >= 4 is 5.91 Å². The Morgan fingerprint density at radius 3 is 2.50 bits per heavy atom. The first kappa shape index (κ1) is 19.7. The fraction of sp³-hybridized carbons (Fsp3) is 0.400. The van der Waals surface area contributed by atoms with Crippen LogP contribution in [0, 0.1) is 0 Å². The van der Waals surface area contributed by atoms with Gasteiger partial charge >= 0.3 is 17.5 Å². The molecule has 4 rings (SSSR count). The molecular weight excluding hydrogens is 388 g/mol. The van der Waals surface area contributed by atoms with Crippen molar-refractivity contribution in [1.82, 2.24) is 29.8 Å². The molecule has 1 N–H and O–H groups in total. The minimum atomic E-state index is -0.677. The standard InChI is InChI=1S/C20H22N6O4/c1-25-19(28)15(23-26(20(25)29)14-11-7-4-8-12-14)16-22-18(30-24-16)17(27)21-13-9-5-2-3-6-10-13/h4,7-8,11-13H,2-3,5-6,9-10H2,1H3,(H,21,27). The van der Waals surface area contributed by atoms with E-state index in [2.05, 4.69) is 20.6 Å². The van der Waals surface area contributed by atoms with Crippen LogP contribution >= 0.6 is 0 Å². The highest BCUT2D eigenvalue weighted by Crippen LogP contribution is 2.18. The second-order valence-electron chi connectivity index (χ2n) is 7.33. The number of carbonyl (C=O) groups is 1. The maximum absolute atomic E-state index is 12.6. The molecule has 0 unspecified atom stereocenters. The Hall–Kier alpha value is -3.56. The summed E-state index contributed by atoms with van der Waals surface area (Å²) in [4.78, 5) is 41.6. The number of rotatable bonds is 4. The van der Waals surface area contributed by atoms with Crippen LogP contribution in [-0.4, -0.2) is 36.4 Å². The zero-order valence-corrected chi connectivity index (χ0v) is 16.6. The monoisotopic (exact) mass is 410 g/mol. The van der Waals surface area contributed by atoms with Gasteiger partial charge in [0.1, 0.15) is 0 Å². The van der Waals surface area contributed by atoms with Gasteiger partial charge in [-0.25, -0.2) is 4.79 Å². The van der Waals surface area contributed by atoms with Gasteiger partial charge in [0, 0.05) is 13.1 Å². The smallest absolute Gasteiger partial charge is 0.345 e. The van der Waals surface area contributed by atoms with E-state index in [0.717, 1.165) is 34.9 Å². The molecule has 1 saturated carbocycles. The Kier molecular flexibility index (Phi) is 5.55. The van der Waals surface area contributed by atoms with Gasteiger partial charge < -0.3 is 9.84 Å². The minimum absolute atomic E-state index is 0.0707. The number of benzene rings is 1. The maximum atomic E-state index is 12.6. The van der Waals surface area contributed by atoms with Gasteiger partial charge in [0.25, 0.3) is 5.56 Å². The van der Waals surface area contributed by atoms with Crippen LogP contribution in [0.1, 0.15) is 49.2 Å². The van der Waals surface area contributed by atoms with Crippen LogP contribution in [0.15, 0.2) is 44.4 Å². The Bertz CT molecular complexity index is 1160. The van der Waals surface area contributed by atoms with Crippen molar-refractivity contribution < 1.29 is 9.32 Å². The second-order valence-corrected chi connectivity index (χ2v) is 7.33. The van der Waals surface area contributed by atoms with E-state index < -0.39 is 17.2 Å². The average molecular weight is 410 g/mol. The molecule has 10 heteroatoms. The highest BCUT2D eigenvalue weighted by molar-refractivity contribution is 5.90. The molecule has 0 aliphatic heterocycles. The first-order valence-electron chi connectivity index (χ1n) is 9.95. The zero-order chi connectivity index (χ0) is 21.1. The normalized spacial score (nSPS) is 15.0. The first-order chi connectivity index (χ1) is 14.5. The molecule has 10 nitrogen and oxygen atoms in total. The predicted octanol–water partition coefficient (Wildman–Crippen LogP) is 1.43. The molecule has 0 bridgehead atoms. The van der Waals surface area contributed by atoms with E-state index in [-0.39, 0.29) is 23.5 Å². The van der Waals surface area contributed by atoms with E-state index in [0.29, 0.717) is 5.69 Å². The van der Waals surface area contributed by atoms with Crippen molar-refractivity contribution in [2.45, 2.75) is 44.6 Å². The molecule has 0 atom stereocenters. The van der Waals surface area contributed by atoms with E-state index in [9.17, 15) is 14.4 Å². The molecular formula is C20H22N6O4. The number of aromatic nitrogens is 5. The lowest BCUT2D eigenvalue weighted by Crippen LogP contribution is -2.40. The lowest BCUT2D eigenvalue weighted by molar-refractivity contribution is 0.0889. The van der Waals surface area contributed by atoms with E-state index in [1.54, 1.807) is 30.3 Å². The van der Waals surface area contributed by atoms with Crippen LogP contribution in [0.4, 0.5) is 0 Å². The van der Waals surface area contributed by atoms with Crippen LogP contribution in [0.2, 0.25) is 0 Å². The van der Waals surface area contributed by atoms with Crippen LogP contribution < -0.4 is 16.6 Å². The molecule has 1 aliphatic carbocycles. The quantitative estimate of drug-likeness (QED) is 0.645. The molecule has 0 spiro atoms. The largest absolute Gasteiger partial charge is 0.351 e. The van der Waals surface area contributed by atoms with Gasteiger partial charge in [-0.2, -0.15) is 14.8 Å². The molecule has 3 aromatic rings. The topological polar surface area (TPSA) is 125 Å². The molecule has 0 saturated heterocycles. The molecule has 1 aromatic carbocycles. The van der Waals surface area contributed by atoms with E-state index in [1.807, 2.05) is 0 Å². The number of nitrogens with zero attached hydrogens (tertiary/aromatic N) is 5. The number of hydrogen-bond acceptors (Lipinski definition) is 7. The number of para-hydroxylation sites is 1. The van der Waals surface area contributed by atoms with Crippen LogP contribution in [0.3, 0.4) is 0 Å². The third-order valence-corrected chi connectivity index (χ3v) is 5.20. The Balaban J connectivity index is 1.64. The van der Waals surface area contributed by atoms with Crippen molar-refractivity contribution in [2.75, 3.05) is 0 Å². The number of nitrogens with one attached hydrogen (secondary N) is 1. The molecule has 1 fully saturated rings. The molecule has 2 heterocycles. The average Bonchev–Trinajstić information content (AvgIpc) is 3.11. The van der Waals surface area contributed by atoms with E-state index in [1.165, 1.54) is 19.9 Å². The van der Waals surface area contributed by atoms with Gasteiger partial charge in [-0.15, -0.1) is 0 Å². The van der Waals surface area contributed by atoms with Gasteiger partial charge in [0.05, 0.1) is 5.69 Å². The Morgan fingerprint density at radius 2 is 1.80 bits per heavy atom. The van der Waals surface area contributed by atoms with Crippen molar-refractivity contribution in [3.8, 4) is 17.2 Å². The molecule has 1 aliphatic rings.